The van der Waals surface area contributed by atoms with E-state index in [9.17, 15) is 9.90 Å². The zero-order chi connectivity index (χ0) is 13.3. The molecule has 0 aromatic heterocycles. The molecule has 4 nitrogen and oxygen atoms in total. The number of carbonyl (C=O) groups excluding carboxylic acids is 1. The lowest BCUT2D eigenvalue weighted by molar-refractivity contribution is 0.199. The number of aliphatic hydroxyl groups excluding tert-OH is 1. The van der Waals surface area contributed by atoms with Crippen molar-refractivity contribution in [1.29, 1.82) is 0 Å². The number of rotatable bonds is 3. The number of hydrogen-bond donors (Lipinski definition) is 1. The quantitative estimate of drug-likeness (QED) is 0.892. The highest BCUT2D eigenvalue weighted by atomic mass is 16.3. The Bertz CT molecular complexity index is 426. The molecule has 0 spiro atoms. The number of aliphatic hydroxyl groups is 1. The molecule has 1 atom stereocenters. The molecule has 0 radical (unpaired) electrons. The molecule has 1 aliphatic heterocycles. The van der Waals surface area contributed by atoms with Crippen LogP contribution in [0.25, 0.3) is 0 Å². The maximum Gasteiger partial charge on any atom is 0.324 e. The standard InChI is InChI=1S/C14H20N2O2/c1-10(2)15-8-9-16(14(15)18)13-6-4-12(5-7-13)11(3)17/h4-7,10-11,17H,8-9H2,1-3H3. The Labute approximate surface area is 108 Å². The van der Waals surface area contributed by atoms with E-state index in [-0.39, 0.29) is 12.1 Å². The predicted molar refractivity (Wildman–Crippen MR) is 71.7 cm³/mol. The van der Waals surface area contributed by atoms with Gasteiger partial charge in [0.15, 0.2) is 0 Å². The number of hydrogen-bond acceptors (Lipinski definition) is 2. The van der Waals surface area contributed by atoms with E-state index in [4.69, 9.17) is 0 Å². The third-order valence-electron chi connectivity index (χ3n) is 3.35. The van der Waals surface area contributed by atoms with Crippen molar-refractivity contribution in [2.24, 2.45) is 0 Å². The van der Waals surface area contributed by atoms with Gasteiger partial charge in [-0.3, -0.25) is 4.90 Å². The van der Waals surface area contributed by atoms with E-state index in [1.165, 1.54) is 0 Å². The maximum atomic E-state index is 12.2. The van der Waals surface area contributed by atoms with Crippen LogP contribution in [0, 0.1) is 0 Å². The van der Waals surface area contributed by atoms with Gasteiger partial charge in [0.1, 0.15) is 0 Å². The summed E-state index contributed by atoms with van der Waals surface area (Å²) in [5, 5.41) is 9.46. The highest BCUT2D eigenvalue weighted by Crippen LogP contribution is 2.23. The van der Waals surface area contributed by atoms with Crippen molar-refractivity contribution in [2.45, 2.75) is 32.9 Å². The minimum atomic E-state index is -0.472. The third kappa shape index (κ3) is 2.34. The summed E-state index contributed by atoms with van der Waals surface area (Å²) in [6.45, 7) is 7.28. The summed E-state index contributed by atoms with van der Waals surface area (Å²) in [6.07, 6.45) is -0.472. The highest BCUT2D eigenvalue weighted by Gasteiger charge is 2.30. The van der Waals surface area contributed by atoms with E-state index in [0.29, 0.717) is 0 Å². The van der Waals surface area contributed by atoms with Crippen LogP contribution >= 0.6 is 0 Å². The largest absolute Gasteiger partial charge is 0.389 e. The summed E-state index contributed by atoms with van der Waals surface area (Å²) < 4.78 is 0. The monoisotopic (exact) mass is 248 g/mol. The topological polar surface area (TPSA) is 43.8 Å². The van der Waals surface area contributed by atoms with Gasteiger partial charge in [-0.2, -0.15) is 0 Å². The Hall–Kier alpha value is -1.55. The Morgan fingerprint density at radius 2 is 1.72 bits per heavy atom. The minimum absolute atomic E-state index is 0.0646. The molecule has 1 saturated heterocycles. The van der Waals surface area contributed by atoms with Gasteiger partial charge in [0.05, 0.1) is 6.10 Å². The molecule has 1 unspecified atom stereocenters. The number of benzene rings is 1. The number of amides is 2. The fourth-order valence-electron chi connectivity index (χ4n) is 2.21. The van der Waals surface area contributed by atoms with Gasteiger partial charge < -0.3 is 10.0 Å². The van der Waals surface area contributed by atoms with Crippen molar-refractivity contribution in [3.8, 4) is 0 Å². The fraction of sp³-hybridized carbons (Fsp3) is 0.500. The average molecular weight is 248 g/mol. The van der Waals surface area contributed by atoms with Crippen LogP contribution in [0.4, 0.5) is 10.5 Å². The van der Waals surface area contributed by atoms with Gasteiger partial charge in [0.2, 0.25) is 0 Å². The van der Waals surface area contributed by atoms with Gasteiger partial charge in [-0.25, -0.2) is 4.79 Å². The summed E-state index contributed by atoms with van der Waals surface area (Å²) in [4.78, 5) is 15.8. The normalized spacial score (nSPS) is 17.7. The molecule has 1 aliphatic rings. The van der Waals surface area contributed by atoms with Crippen molar-refractivity contribution in [1.82, 2.24) is 4.90 Å². The highest BCUT2D eigenvalue weighted by molar-refractivity contribution is 5.94. The van der Waals surface area contributed by atoms with Gasteiger partial charge in [-0.05, 0) is 38.5 Å². The molecule has 0 bridgehead atoms. The Balaban J connectivity index is 2.16. The molecule has 2 rings (SSSR count). The first kappa shape index (κ1) is 12.9. The van der Waals surface area contributed by atoms with Crippen LogP contribution < -0.4 is 4.90 Å². The molecule has 0 saturated carbocycles. The van der Waals surface area contributed by atoms with Crippen molar-refractivity contribution in [3.05, 3.63) is 29.8 Å². The lowest BCUT2D eigenvalue weighted by Crippen LogP contribution is -2.36. The number of nitrogens with zero attached hydrogens (tertiary/aromatic N) is 2. The van der Waals surface area contributed by atoms with Crippen LogP contribution in [0.2, 0.25) is 0 Å². The van der Waals surface area contributed by atoms with Crippen LogP contribution in [-0.2, 0) is 0 Å². The molecule has 0 aliphatic carbocycles. The van der Waals surface area contributed by atoms with Gasteiger partial charge in [0, 0.05) is 24.8 Å². The van der Waals surface area contributed by atoms with E-state index in [1.54, 1.807) is 11.8 Å². The second kappa shape index (κ2) is 4.98. The van der Waals surface area contributed by atoms with E-state index in [0.717, 1.165) is 24.3 Å². The molecule has 2 amide bonds. The fourth-order valence-corrected chi connectivity index (χ4v) is 2.21. The second-order valence-electron chi connectivity index (χ2n) is 4.99. The van der Waals surface area contributed by atoms with Crippen LogP contribution in [0.15, 0.2) is 24.3 Å². The number of urea groups is 1. The summed E-state index contributed by atoms with van der Waals surface area (Å²) in [5.41, 5.74) is 1.76. The summed E-state index contributed by atoms with van der Waals surface area (Å²) in [5.74, 6) is 0. The Kier molecular flexibility index (Phi) is 3.57. The van der Waals surface area contributed by atoms with Gasteiger partial charge in [-0.1, -0.05) is 12.1 Å². The predicted octanol–water partition coefficient (Wildman–Crippen LogP) is 2.39. The smallest absolute Gasteiger partial charge is 0.324 e. The zero-order valence-corrected chi connectivity index (χ0v) is 11.1. The molecule has 18 heavy (non-hydrogen) atoms. The molecule has 1 fully saturated rings. The molecule has 1 heterocycles. The van der Waals surface area contributed by atoms with E-state index in [1.807, 2.05) is 43.0 Å². The van der Waals surface area contributed by atoms with Crippen molar-refractivity contribution in [2.75, 3.05) is 18.0 Å². The molecule has 98 valence electrons. The van der Waals surface area contributed by atoms with E-state index >= 15 is 0 Å². The van der Waals surface area contributed by atoms with E-state index < -0.39 is 6.10 Å². The van der Waals surface area contributed by atoms with Crippen LogP contribution in [0.3, 0.4) is 0 Å². The van der Waals surface area contributed by atoms with Crippen molar-refractivity contribution >= 4 is 11.7 Å². The van der Waals surface area contributed by atoms with Crippen LogP contribution in [-0.4, -0.2) is 35.2 Å². The second-order valence-corrected chi connectivity index (χ2v) is 4.99. The maximum absolute atomic E-state index is 12.2. The van der Waals surface area contributed by atoms with Crippen molar-refractivity contribution < 1.29 is 9.90 Å². The minimum Gasteiger partial charge on any atom is -0.389 e. The summed E-state index contributed by atoms with van der Waals surface area (Å²) >= 11 is 0. The molecular weight excluding hydrogens is 228 g/mol. The average Bonchev–Trinajstić information content (AvgIpc) is 2.71. The van der Waals surface area contributed by atoms with Crippen LogP contribution in [0.5, 0.6) is 0 Å². The first-order valence-corrected chi connectivity index (χ1v) is 6.37. The zero-order valence-electron chi connectivity index (χ0n) is 11.1. The van der Waals surface area contributed by atoms with Gasteiger partial charge in [0.25, 0.3) is 0 Å². The molecule has 1 aromatic rings. The van der Waals surface area contributed by atoms with Crippen molar-refractivity contribution in [3.63, 3.8) is 0 Å². The first-order chi connectivity index (χ1) is 8.50. The molecule has 1 N–H and O–H groups in total. The number of carbonyl (C=O) groups is 1. The Morgan fingerprint density at radius 3 is 2.17 bits per heavy atom. The lowest BCUT2D eigenvalue weighted by Gasteiger charge is -2.22. The van der Waals surface area contributed by atoms with Gasteiger partial charge in [-0.15, -0.1) is 0 Å². The molecule has 4 heteroatoms. The SMILES string of the molecule is CC(O)c1ccc(N2CCN(C(C)C)C2=O)cc1. The molecule has 1 aromatic carbocycles. The summed E-state index contributed by atoms with van der Waals surface area (Å²) in [7, 11) is 0. The molecular formula is C14H20N2O2. The van der Waals surface area contributed by atoms with E-state index in [2.05, 4.69) is 0 Å². The lowest BCUT2D eigenvalue weighted by atomic mass is 10.1. The van der Waals surface area contributed by atoms with Gasteiger partial charge >= 0.3 is 6.03 Å². The van der Waals surface area contributed by atoms with Crippen LogP contribution in [0.1, 0.15) is 32.4 Å². The Morgan fingerprint density at radius 1 is 1.11 bits per heavy atom. The summed E-state index contributed by atoms with van der Waals surface area (Å²) in [6, 6.07) is 7.82. The third-order valence-corrected chi connectivity index (χ3v) is 3.35. The first-order valence-electron chi connectivity index (χ1n) is 6.37. The number of anilines is 1.